The molecule has 11 heavy (non-hydrogen) atoms. The molecule has 0 heterocycles. The molecule has 1 nitrogen and oxygen atoms in total. The first-order chi connectivity index (χ1) is 5.04. The number of hydrogen-bond acceptors (Lipinski definition) is 1. The predicted octanol–water partition coefficient (Wildman–Crippen LogP) is 2.97. The van der Waals surface area contributed by atoms with E-state index in [1.165, 1.54) is 19.3 Å². The Kier molecular flexibility index (Phi) is 4.74. The first kappa shape index (κ1) is 11.0. The van der Waals surface area contributed by atoms with Gasteiger partial charge in [0.2, 0.25) is 0 Å². The van der Waals surface area contributed by atoms with Crippen molar-refractivity contribution in [2.45, 2.75) is 59.5 Å². The standard InChI is InChI=1S/C10H22O/c1-5-7-10(4,6-2)8-9(3)11/h9,11H,5-8H2,1-4H3. The molecule has 1 heteroatoms. The molecule has 0 aliphatic carbocycles. The van der Waals surface area contributed by atoms with Gasteiger partial charge in [0.15, 0.2) is 0 Å². The minimum absolute atomic E-state index is 0.147. The maximum absolute atomic E-state index is 9.25. The van der Waals surface area contributed by atoms with Crippen LogP contribution in [0.5, 0.6) is 0 Å². The summed E-state index contributed by atoms with van der Waals surface area (Å²) in [5, 5.41) is 9.25. The van der Waals surface area contributed by atoms with Crippen LogP contribution >= 0.6 is 0 Å². The fourth-order valence-corrected chi connectivity index (χ4v) is 1.74. The van der Waals surface area contributed by atoms with E-state index in [2.05, 4.69) is 20.8 Å². The smallest absolute Gasteiger partial charge is 0.0517 e. The SMILES string of the molecule is CCCC(C)(CC)CC(C)O. The van der Waals surface area contributed by atoms with E-state index >= 15 is 0 Å². The van der Waals surface area contributed by atoms with E-state index in [0.717, 1.165) is 6.42 Å². The summed E-state index contributed by atoms with van der Waals surface area (Å²) in [5.41, 5.74) is 0.364. The molecule has 0 saturated carbocycles. The molecule has 0 rings (SSSR count). The zero-order valence-electron chi connectivity index (χ0n) is 8.35. The van der Waals surface area contributed by atoms with Gasteiger partial charge < -0.3 is 5.11 Å². The summed E-state index contributed by atoms with van der Waals surface area (Å²) in [7, 11) is 0. The van der Waals surface area contributed by atoms with Crippen molar-refractivity contribution in [3.05, 3.63) is 0 Å². The Bertz CT molecular complexity index is 99.0. The maximum Gasteiger partial charge on any atom is 0.0517 e. The van der Waals surface area contributed by atoms with Crippen molar-refractivity contribution in [3.63, 3.8) is 0 Å². The number of aliphatic hydroxyl groups excluding tert-OH is 1. The molecule has 0 fully saturated rings. The van der Waals surface area contributed by atoms with Gasteiger partial charge in [0, 0.05) is 0 Å². The molecular weight excluding hydrogens is 136 g/mol. The van der Waals surface area contributed by atoms with Gasteiger partial charge in [-0.15, -0.1) is 0 Å². The minimum Gasteiger partial charge on any atom is -0.393 e. The van der Waals surface area contributed by atoms with Gasteiger partial charge in [-0.1, -0.05) is 33.6 Å². The third-order valence-corrected chi connectivity index (χ3v) is 2.50. The van der Waals surface area contributed by atoms with Crippen LogP contribution in [0.1, 0.15) is 53.4 Å². The summed E-state index contributed by atoms with van der Waals surface area (Å²) in [6.45, 7) is 8.56. The van der Waals surface area contributed by atoms with Gasteiger partial charge in [-0.25, -0.2) is 0 Å². The lowest BCUT2D eigenvalue weighted by molar-refractivity contribution is 0.111. The summed E-state index contributed by atoms with van der Waals surface area (Å²) in [6.07, 6.45) is 4.42. The summed E-state index contributed by atoms with van der Waals surface area (Å²) < 4.78 is 0. The van der Waals surface area contributed by atoms with Crippen molar-refractivity contribution >= 4 is 0 Å². The van der Waals surface area contributed by atoms with E-state index in [4.69, 9.17) is 0 Å². The second-order valence-corrected chi connectivity index (χ2v) is 3.97. The normalized spacial score (nSPS) is 19.4. The Labute approximate surface area is 70.8 Å². The molecule has 0 bridgehead atoms. The van der Waals surface area contributed by atoms with Gasteiger partial charge in [0.1, 0.15) is 0 Å². The lowest BCUT2D eigenvalue weighted by Gasteiger charge is -2.29. The second-order valence-electron chi connectivity index (χ2n) is 3.97. The Morgan fingerprint density at radius 3 is 2.18 bits per heavy atom. The van der Waals surface area contributed by atoms with Crippen LogP contribution in [0.25, 0.3) is 0 Å². The molecule has 0 aromatic rings. The summed E-state index contributed by atoms with van der Waals surface area (Å²) in [5.74, 6) is 0. The van der Waals surface area contributed by atoms with Gasteiger partial charge in [-0.05, 0) is 25.2 Å². The van der Waals surface area contributed by atoms with E-state index in [0.29, 0.717) is 5.41 Å². The molecule has 0 aromatic carbocycles. The molecule has 1 N–H and O–H groups in total. The minimum atomic E-state index is -0.147. The van der Waals surface area contributed by atoms with E-state index in [1.807, 2.05) is 6.92 Å². The van der Waals surface area contributed by atoms with Crippen LogP contribution in [0.2, 0.25) is 0 Å². The van der Waals surface area contributed by atoms with E-state index in [1.54, 1.807) is 0 Å². The number of hydrogen-bond donors (Lipinski definition) is 1. The molecule has 2 atom stereocenters. The number of rotatable bonds is 5. The van der Waals surface area contributed by atoms with Crippen LogP contribution in [-0.4, -0.2) is 11.2 Å². The molecule has 0 aliphatic heterocycles. The molecule has 0 aromatic heterocycles. The fourth-order valence-electron chi connectivity index (χ4n) is 1.74. The molecule has 0 amide bonds. The average Bonchev–Trinajstić information content (AvgIpc) is 1.87. The molecule has 0 saturated heterocycles. The van der Waals surface area contributed by atoms with Crippen LogP contribution < -0.4 is 0 Å². The molecule has 0 spiro atoms. The van der Waals surface area contributed by atoms with Gasteiger partial charge in [-0.2, -0.15) is 0 Å². The zero-order valence-corrected chi connectivity index (χ0v) is 8.35. The van der Waals surface area contributed by atoms with Gasteiger partial charge in [-0.3, -0.25) is 0 Å². The Morgan fingerprint density at radius 2 is 1.91 bits per heavy atom. The monoisotopic (exact) mass is 158 g/mol. The van der Waals surface area contributed by atoms with Crippen molar-refractivity contribution in [1.29, 1.82) is 0 Å². The van der Waals surface area contributed by atoms with Crippen molar-refractivity contribution in [2.75, 3.05) is 0 Å². The Morgan fingerprint density at radius 1 is 1.36 bits per heavy atom. The lowest BCUT2D eigenvalue weighted by atomic mass is 9.78. The first-order valence-electron chi connectivity index (χ1n) is 4.72. The van der Waals surface area contributed by atoms with Crippen LogP contribution in [0.4, 0.5) is 0 Å². The third kappa shape index (κ3) is 4.41. The van der Waals surface area contributed by atoms with Gasteiger partial charge in [0.05, 0.1) is 6.10 Å². The Hall–Kier alpha value is -0.0400. The highest BCUT2D eigenvalue weighted by Gasteiger charge is 2.22. The third-order valence-electron chi connectivity index (χ3n) is 2.50. The zero-order chi connectivity index (χ0) is 8.91. The van der Waals surface area contributed by atoms with Gasteiger partial charge in [0.25, 0.3) is 0 Å². The molecule has 2 unspecified atom stereocenters. The highest BCUT2D eigenvalue weighted by Crippen LogP contribution is 2.32. The Balaban J connectivity index is 3.87. The van der Waals surface area contributed by atoms with E-state index in [9.17, 15) is 5.11 Å². The lowest BCUT2D eigenvalue weighted by Crippen LogP contribution is -2.20. The molecule has 68 valence electrons. The maximum atomic E-state index is 9.25. The summed E-state index contributed by atoms with van der Waals surface area (Å²) >= 11 is 0. The molecule has 0 radical (unpaired) electrons. The highest BCUT2D eigenvalue weighted by atomic mass is 16.3. The van der Waals surface area contributed by atoms with E-state index in [-0.39, 0.29) is 6.10 Å². The topological polar surface area (TPSA) is 20.2 Å². The fraction of sp³-hybridized carbons (Fsp3) is 1.00. The quantitative estimate of drug-likeness (QED) is 0.652. The predicted molar refractivity (Wildman–Crippen MR) is 49.6 cm³/mol. The molecular formula is C10H22O. The summed E-state index contributed by atoms with van der Waals surface area (Å²) in [6, 6.07) is 0. The number of aliphatic hydroxyl groups is 1. The molecule has 0 aliphatic rings. The van der Waals surface area contributed by atoms with Crippen molar-refractivity contribution in [3.8, 4) is 0 Å². The van der Waals surface area contributed by atoms with Crippen LogP contribution in [0.15, 0.2) is 0 Å². The average molecular weight is 158 g/mol. The first-order valence-corrected chi connectivity index (χ1v) is 4.72. The van der Waals surface area contributed by atoms with Crippen LogP contribution in [0.3, 0.4) is 0 Å². The van der Waals surface area contributed by atoms with Crippen LogP contribution in [0, 0.1) is 5.41 Å². The van der Waals surface area contributed by atoms with Crippen LogP contribution in [-0.2, 0) is 0 Å². The largest absolute Gasteiger partial charge is 0.393 e. The van der Waals surface area contributed by atoms with Crippen molar-refractivity contribution in [2.24, 2.45) is 5.41 Å². The summed E-state index contributed by atoms with van der Waals surface area (Å²) in [4.78, 5) is 0. The van der Waals surface area contributed by atoms with E-state index < -0.39 is 0 Å². The van der Waals surface area contributed by atoms with Crippen molar-refractivity contribution < 1.29 is 5.11 Å². The van der Waals surface area contributed by atoms with Crippen molar-refractivity contribution in [1.82, 2.24) is 0 Å². The highest BCUT2D eigenvalue weighted by molar-refractivity contribution is 4.74. The second kappa shape index (κ2) is 4.76. The van der Waals surface area contributed by atoms with Gasteiger partial charge >= 0.3 is 0 Å².